The second kappa shape index (κ2) is 8.40. The molecule has 0 aromatic carbocycles. The van der Waals surface area contributed by atoms with Gasteiger partial charge in [-0.05, 0) is 11.5 Å². The predicted octanol–water partition coefficient (Wildman–Crippen LogP) is 1.56. The third kappa shape index (κ3) is 6.27. The van der Waals surface area contributed by atoms with Gasteiger partial charge in [-0.3, -0.25) is 9.48 Å². The molecule has 0 saturated carbocycles. The van der Waals surface area contributed by atoms with Gasteiger partial charge in [-0.1, -0.05) is 20.8 Å². The lowest BCUT2D eigenvalue weighted by molar-refractivity contribution is -0.133. The maximum absolute atomic E-state index is 12.0. The summed E-state index contributed by atoms with van der Waals surface area (Å²) in [6.45, 7) is 7.21. The van der Waals surface area contributed by atoms with Crippen LogP contribution in [0.5, 0.6) is 0 Å². The van der Waals surface area contributed by atoms with Gasteiger partial charge >= 0.3 is 0 Å². The molecule has 0 aliphatic heterocycles. The van der Waals surface area contributed by atoms with Crippen molar-refractivity contribution in [3.8, 4) is 0 Å². The molecule has 1 heterocycles. The SMILES string of the molecule is CN(CCn1cccn1)C(=O)[C@@H](N)C(C)(C)C.Cl.Cl. The molecule has 0 aliphatic carbocycles. The summed E-state index contributed by atoms with van der Waals surface area (Å²) in [4.78, 5) is 13.7. The van der Waals surface area contributed by atoms with E-state index in [-0.39, 0.29) is 36.1 Å². The normalized spacial score (nSPS) is 12.1. The predicted molar refractivity (Wildman–Crippen MR) is 81.8 cm³/mol. The zero-order chi connectivity index (χ0) is 13.1. The van der Waals surface area contributed by atoms with E-state index in [1.165, 1.54) is 0 Å². The summed E-state index contributed by atoms with van der Waals surface area (Å²) in [5, 5.41) is 4.09. The minimum atomic E-state index is -0.467. The average Bonchev–Trinajstić information content (AvgIpc) is 2.75. The van der Waals surface area contributed by atoms with E-state index in [9.17, 15) is 4.79 Å². The molecule has 1 rings (SSSR count). The Labute approximate surface area is 127 Å². The summed E-state index contributed by atoms with van der Waals surface area (Å²) in [7, 11) is 1.78. The fourth-order valence-corrected chi connectivity index (χ4v) is 1.40. The Morgan fingerprint density at radius 1 is 1.42 bits per heavy atom. The molecule has 19 heavy (non-hydrogen) atoms. The van der Waals surface area contributed by atoms with Crippen LogP contribution in [-0.2, 0) is 11.3 Å². The van der Waals surface area contributed by atoms with Crippen LogP contribution in [0.25, 0.3) is 0 Å². The Bertz CT molecular complexity index is 362. The number of aromatic nitrogens is 2. The zero-order valence-corrected chi connectivity index (χ0v) is 13.5. The lowest BCUT2D eigenvalue weighted by Gasteiger charge is -2.29. The third-order valence-electron chi connectivity index (χ3n) is 2.80. The highest BCUT2D eigenvalue weighted by Gasteiger charge is 2.29. The maximum Gasteiger partial charge on any atom is 0.239 e. The second-order valence-corrected chi connectivity index (χ2v) is 5.37. The number of nitrogens with zero attached hydrogens (tertiary/aromatic N) is 3. The van der Waals surface area contributed by atoms with E-state index in [1.807, 2.05) is 33.0 Å². The first-order valence-corrected chi connectivity index (χ1v) is 5.80. The van der Waals surface area contributed by atoms with Gasteiger partial charge in [0.1, 0.15) is 0 Å². The highest BCUT2D eigenvalue weighted by atomic mass is 35.5. The monoisotopic (exact) mass is 310 g/mol. The van der Waals surface area contributed by atoms with Crippen molar-refractivity contribution >= 4 is 30.7 Å². The Morgan fingerprint density at radius 3 is 2.42 bits per heavy atom. The van der Waals surface area contributed by atoms with E-state index in [0.717, 1.165) is 0 Å². The molecule has 0 radical (unpaired) electrons. The zero-order valence-electron chi connectivity index (χ0n) is 11.9. The Morgan fingerprint density at radius 2 is 2.00 bits per heavy atom. The van der Waals surface area contributed by atoms with Crippen molar-refractivity contribution < 1.29 is 4.79 Å². The second-order valence-electron chi connectivity index (χ2n) is 5.37. The first kappa shape index (κ1) is 20.5. The largest absolute Gasteiger partial charge is 0.343 e. The van der Waals surface area contributed by atoms with Crippen molar-refractivity contribution in [3.05, 3.63) is 18.5 Å². The fraction of sp³-hybridized carbons (Fsp3) is 0.667. The molecule has 1 amide bonds. The number of hydrogen-bond acceptors (Lipinski definition) is 3. The van der Waals surface area contributed by atoms with E-state index in [2.05, 4.69) is 5.10 Å². The maximum atomic E-state index is 12.0. The molecule has 0 spiro atoms. The minimum absolute atomic E-state index is 0. The number of amides is 1. The topological polar surface area (TPSA) is 64.2 Å². The highest BCUT2D eigenvalue weighted by molar-refractivity contribution is 5.85. The molecule has 0 aliphatic rings. The average molecular weight is 311 g/mol. The van der Waals surface area contributed by atoms with E-state index >= 15 is 0 Å². The van der Waals surface area contributed by atoms with Crippen LogP contribution in [0, 0.1) is 5.41 Å². The molecule has 2 N–H and O–H groups in total. The number of carbonyl (C=O) groups is 1. The van der Waals surface area contributed by atoms with Gasteiger partial charge in [-0.2, -0.15) is 5.10 Å². The van der Waals surface area contributed by atoms with Crippen LogP contribution >= 0.6 is 24.8 Å². The van der Waals surface area contributed by atoms with Crippen molar-refractivity contribution in [2.45, 2.75) is 33.4 Å². The van der Waals surface area contributed by atoms with Crippen LogP contribution in [0.3, 0.4) is 0 Å². The first-order valence-electron chi connectivity index (χ1n) is 5.80. The number of rotatable bonds is 4. The highest BCUT2D eigenvalue weighted by Crippen LogP contribution is 2.18. The van der Waals surface area contributed by atoms with Crippen LogP contribution in [0.2, 0.25) is 0 Å². The van der Waals surface area contributed by atoms with Crippen molar-refractivity contribution in [1.29, 1.82) is 0 Å². The number of likely N-dealkylation sites (N-methyl/N-ethyl adjacent to an activating group) is 1. The molecular weight excluding hydrogens is 287 g/mol. The smallest absolute Gasteiger partial charge is 0.239 e. The van der Waals surface area contributed by atoms with Crippen LogP contribution in [0.1, 0.15) is 20.8 Å². The van der Waals surface area contributed by atoms with Crippen molar-refractivity contribution in [2.24, 2.45) is 11.1 Å². The number of carbonyl (C=O) groups excluding carboxylic acids is 1. The number of nitrogens with two attached hydrogens (primary N) is 1. The molecule has 7 heteroatoms. The number of halogens is 2. The lowest BCUT2D eigenvalue weighted by atomic mass is 9.86. The Hall–Kier alpha value is -0.780. The minimum Gasteiger partial charge on any atom is -0.343 e. The van der Waals surface area contributed by atoms with Gasteiger partial charge in [0.15, 0.2) is 0 Å². The van der Waals surface area contributed by atoms with Gasteiger partial charge in [-0.25, -0.2) is 0 Å². The van der Waals surface area contributed by atoms with Gasteiger partial charge in [0.2, 0.25) is 5.91 Å². The Balaban J connectivity index is 0. The third-order valence-corrected chi connectivity index (χ3v) is 2.80. The quantitative estimate of drug-likeness (QED) is 0.918. The van der Waals surface area contributed by atoms with E-state index < -0.39 is 6.04 Å². The molecular formula is C12H24Cl2N4O. The van der Waals surface area contributed by atoms with Gasteiger partial charge in [0, 0.05) is 26.0 Å². The van der Waals surface area contributed by atoms with E-state index in [1.54, 1.807) is 22.8 Å². The molecule has 0 bridgehead atoms. The lowest BCUT2D eigenvalue weighted by Crippen LogP contribution is -2.49. The molecule has 5 nitrogen and oxygen atoms in total. The van der Waals surface area contributed by atoms with Gasteiger partial charge in [-0.15, -0.1) is 24.8 Å². The molecule has 0 unspecified atom stereocenters. The van der Waals surface area contributed by atoms with Crippen molar-refractivity contribution in [1.82, 2.24) is 14.7 Å². The molecule has 0 fully saturated rings. The Kier molecular flexibility index (Phi) is 9.08. The summed E-state index contributed by atoms with van der Waals surface area (Å²) in [5.74, 6) is -0.0235. The van der Waals surface area contributed by atoms with E-state index in [4.69, 9.17) is 5.73 Å². The van der Waals surface area contributed by atoms with Crippen LogP contribution in [0.15, 0.2) is 18.5 Å². The fourth-order valence-electron chi connectivity index (χ4n) is 1.40. The molecule has 112 valence electrons. The van der Waals surface area contributed by atoms with Crippen LogP contribution in [-0.4, -0.2) is 40.2 Å². The summed E-state index contributed by atoms with van der Waals surface area (Å²) >= 11 is 0. The van der Waals surface area contributed by atoms with Crippen LogP contribution < -0.4 is 5.73 Å². The first-order chi connectivity index (χ1) is 7.82. The van der Waals surface area contributed by atoms with Crippen molar-refractivity contribution in [3.63, 3.8) is 0 Å². The van der Waals surface area contributed by atoms with Crippen LogP contribution in [0.4, 0.5) is 0 Å². The number of hydrogen-bond donors (Lipinski definition) is 1. The summed E-state index contributed by atoms with van der Waals surface area (Å²) in [5.41, 5.74) is 5.72. The summed E-state index contributed by atoms with van der Waals surface area (Å²) in [6, 6.07) is 1.40. The summed E-state index contributed by atoms with van der Waals surface area (Å²) in [6.07, 6.45) is 3.60. The standard InChI is InChI=1S/C12H22N4O.2ClH/c1-12(2,3)10(13)11(17)15(4)8-9-16-7-5-6-14-16;;/h5-7,10H,8-9,13H2,1-4H3;2*1H/t10-;;/m1../s1. The summed E-state index contributed by atoms with van der Waals surface area (Å²) < 4.78 is 1.80. The molecule has 1 aromatic heterocycles. The molecule has 0 saturated heterocycles. The molecule has 1 aromatic rings. The molecule has 1 atom stereocenters. The van der Waals surface area contributed by atoms with E-state index in [0.29, 0.717) is 13.1 Å². The van der Waals surface area contributed by atoms with Gasteiger partial charge < -0.3 is 10.6 Å². The van der Waals surface area contributed by atoms with Gasteiger partial charge in [0.25, 0.3) is 0 Å². The van der Waals surface area contributed by atoms with Crippen molar-refractivity contribution in [2.75, 3.05) is 13.6 Å². The van der Waals surface area contributed by atoms with Gasteiger partial charge in [0.05, 0.1) is 12.6 Å².